The third-order valence-electron chi connectivity index (χ3n) is 3.46. The average Bonchev–Trinajstić information content (AvgIpc) is 2.52. The number of allylic oxidation sites excluding steroid dienone is 4. The smallest absolute Gasteiger partial charge is 0.125 e. The standard InChI is InChI=1S/C19H21FN2O/c1-4-5-6-17(15-7-9-16(20)10-8-15)19(13(2)23)18-11-12-21-14(3)22-18/h6-12,23H,4-5H2,1-3H3/b17-6+,19-13+. The highest BCUT2D eigenvalue weighted by Gasteiger charge is 2.15. The molecule has 0 aliphatic rings. The largest absolute Gasteiger partial charge is 0.512 e. The number of aryl methyl sites for hydroxylation is 1. The summed E-state index contributed by atoms with van der Waals surface area (Å²) in [4.78, 5) is 8.53. The molecule has 2 aromatic rings. The monoisotopic (exact) mass is 312 g/mol. The molecule has 0 unspecified atom stereocenters. The predicted molar refractivity (Wildman–Crippen MR) is 91.3 cm³/mol. The van der Waals surface area contributed by atoms with Gasteiger partial charge in [-0.3, -0.25) is 0 Å². The zero-order chi connectivity index (χ0) is 16.8. The minimum absolute atomic E-state index is 0.176. The van der Waals surface area contributed by atoms with Crippen molar-refractivity contribution in [2.24, 2.45) is 0 Å². The fraction of sp³-hybridized carbons (Fsp3) is 0.263. The first-order valence-electron chi connectivity index (χ1n) is 7.69. The van der Waals surface area contributed by atoms with Gasteiger partial charge in [-0.2, -0.15) is 0 Å². The maximum atomic E-state index is 13.2. The number of unbranched alkanes of at least 4 members (excludes halogenated alkanes) is 1. The van der Waals surface area contributed by atoms with Crippen molar-refractivity contribution in [3.8, 4) is 0 Å². The number of benzene rings is 1. The van der Waals surface area contributed by atoms with E-state index in [2.05, 4.69) is 23.0 Å². The van der Waals surface area contributed by atoms with Crippen molar-refractivity contribution < 1.29 is 9.50 Å². The Labute approximate surface area is 136 Å². The summed E-state index contributed by atoms with van der Waals surface area (Å²) in [5.74, 6) is 0.526. The zero-order valence-electron chi connectivity index (χ0n) is 13.7. The van der Waals surface area contributed by atoms with E-state index in [4.69, 9.17) is 0 Å². The lowest BCUT2D eigenvalue weighted by atomic mass is 9.93. The summed E-state index contributed by atoms with van der Waals surface area (Å²) in [7, 11) is 0. The number of hydrogen-bond acceptors (Lipinski definition) is 3. The number of aliphatic hydroxyl groups excluding tert-OH is 1. The third kappa shape index (κ3) is 4.25. The molecule has 1 heterocycles. The van der Waals surface area contributed by atoms with E-state index in [0.717, 1.165) is 24.0 Å². The van der Waals surface area contributed by atoms with Crippen LogP contribution in [0.3, 0.4) is 0 Å². The highest BCUT2D eigenvalue weighted by Crippen LogP contribution is 2.33. The molecule has 1 aromatic heterocycles. The summed E-state index contributed by atoms with van der Waals surface area (Å²) in [5.41, 5.74) is 3.00. The molecule has 0 aliphatic carbocycles. The molecule has 0 fully saturated rings. The van der Waals surface area contributed by atoms with Crippen LogP contribution in [-0.2, 0) is 0 Å². The van der Waals surface area contributed by atoms with E-state index in [1.807, 2.05) is 0 Å². The van der Waals surface area contributed by atoms with E-state index in [1.165, 1.54) is 12.1 Å². The summed E-state index contributed by atoms with van der Waals surface area (Å²) in [6.45, 7) is 5.53. The Balaban J connectivity index is 2.60. The second kappa shape index (κ2) is 7.68. The summed E-state index contributed by atoms with van der Waals surface area (Å²) < 4.78 is 13.2. The molecule has 0 bridgehead atoms. The van der Waals surface area contributed by atoms with E-state index in [1.54, 1.807) is 38.2 Å². The van der Waals surface area contributed by atoms with Crippen molar-refractivity contribution in [3.05, 3.63) is 71.3 Å². The second-order valence-corrected chi connectivity index (χ2v) is 5.36. The van der Waals surface area contributed by atoms with Crippen molar-refractivity contribution in [2.45, 2.75) is 33.6 Å². The van der Waals surface area contributed by atoms with E-state index >= 15 is 0 Å². The van der Waals surface area contributed by atoms with Gasteiger partial charge in [0.25, 0.3) is 0 Å². The van der Waals surface area contributed by atoms with Crippen molar-refractivity contribution in [1.29, 1.82) is 0 Å². The fourth-order valence-electron chi connectivity index (χ4n) is 2.40. The highest BCUT2D eigenvalue weighted by molar-refractivity contribution is 6.04. The molecule has 1 N–H and O–H groups in total. The Bertz CT molecular complexity index is 729. The first-order valence-corrected chi connectivity index (χ1v) is 7.69. The van der Waals surface area contributed by atoms with E-state index in [9.17, 15) is 9.50 Å². The molecule has 0 amide bonds. The number of halogens is 1. The summed E-state index contributed by atoms with van der Waals surface area (Å²) in [6, 6.07) is 8.04. The second-order valence-electron chi connectivity index (χ2n) is 5.36. The average molecular weight is 312 g/mol. The van der Waals surface area contributed by atoms with Gasteiger partial charge in [0.15, 0.2) is 0 Å². The summed E-state index contributed by atoms with van der Waals surface area (Å²) >= 11 is 0. The van der Waals surface area contributed by atoms with Crippen LogP contribution in [-0.4, -0.2) is 15.1 Å². The third-order valence-corrected chi connectivity index (χ3v) is 3.46. The van der Waals surface area contributed by atoms with Gasteiger partial charge in [-0.15, -0.1) is 0 Å². The van der Waals surface area contributed by atoms with Gasteiger partial charge < -0.3 is 5.11 Å². The fourth-order valence-corrected chi connectivity index (χ4v) is 2.40. The summed E-state index contributed by atoms with van der Waals surface area (Å²) in [6.07, 6.45) is 5.56. The van der Waals surface area contributed by atoms with Crippen LogP contribution in [0.25, 0.3) is 11.1 Å². The number of rotatable bonds is 5. The maximum Gasteiger partial charge on any atom is 0.125 e. The van der Waals surface area contributed by atoms with Crippen LogP contribution in [0.15, 0.2) is 48.4 Å². The number of aromatic nitrogens is 2. The van der Waals surface area contributed by atoms with E-state index < -0.39 is 0 Å². The molecular weight excluding hydrogens is 291 g/mol. The molecule has 0 saturated carbocycles. The lowest BCUT2D eigenvalue weighted by molar-refractivity contribution is 0.418. The highest BCUT2D eigenvalue weighted by atomic mass is 19.1. The summed E-state index contributed by atoms with van der Waals surface area (Å²) in [5, 5.41) is 10.2. The lowest BCUT2D eigenvalue weighted by Gasteiger charge is -2.14. The SMILES string of the molecule is CCC/C=C(/C(=C(/C)O)c1ccnc(C)n1)c1ccc(F)cc1. The molecule has 0 saturated heterocycles. The maximum absolute atomic E-state index is 13.2. The Hall–Kier alpha value is -2.49. The first-order chi connectivity index (χ1) is 11.0. The van der Waals surface area contributed by atoms with Crippen LogP contribution in [0.5, 0.6) is 0 Å². The van der Waals surface area contributed by atoms with Gasteiger partial charge in [0.05, 0.1) is 11.5 Å². The molecule has 0 radical (unpaired) electrons. The molecular formula is C19H21FN2O. The van der Waals surface area contributed by atoms with Crippen LogP contribution in [0, 0.1) is 12.7 Å². The Morgan fingerprint density at radius 1 is 1.22 bits per heavy atom. The molecule has 120 valence electrons. The lowest BCUT2D eigenvalue weighted by Crippen LogP contribution is -2.00. The molecule has 0 atom stereocenters. The first kappa shape index (κ1) is 16.9. The number of aliphatic hydroxyl groups is 1. The van der Waals surface area contributed by atoms with Gasteiger partial charge in [-0.05, 0) is 49.6 Å². The molecule has 0 spiro atoms. The molecule has 2 rings (SSSR count). The van der Waals surface area contributed by atoms with Gasteiger partial charge in [0, 0.05) is 11.8 Å². The van der Waals surface area contributed by atoms with Crippen LogP contribution in [0.4, 0.5) is 4.39 Å². The van der Waals surface area contributed by atoms with Gasteiger partial charge in [0.2, 0.25) is 0 Å². The van der Waals surface area contributed by atoms with Gasteiger partial charge in [-0.1, -0.05) is 31.6 Å². The molecule has 23 heavy (non-hydrogen) atoms. The van der Waals surface area contributed by atoms with Crippen molar-refractivity contribution in [1.82, 2.24) is 9.97 Å². The quantitative estimate of drug-likeness (QED) is 0.617. The minimum Gasteiger partial charge on any atom is -0.512 e. The number of hydrogen-bond donors (Lipinski definition) is 1. The normalized spacial score (nSPS) is 13.0. The predicted octanol–water partition coefficient (Wildman–Crippen LogP) is 5.10. The van der Waals surface area contributed by atoms with Crippen molar-refractivity contribution >= 4 is 11.1 Å². The minimum atomic E-state index is -0.285. The Kier molecular flexibility index (Phi) is 5.63. The van der Waals surface area contributed by atoms with Crippen LogP contribution in [0.2, 0.25) is 0 Å². The Morgan fingerprint density at radius 2 is 1.91 bits per heavy atom. The Morgan fingerprint density at radius 3 is 2.48 bits per heavy atom. The van der Waals surface area contributed by atoms with Crippen LogP contribution in [0.1, 0.15) is 43.8 Å². The van der Waals surface area contributed by atoms with Crippen LogP contribution < -0.4 is 0 Å². The molecule has 4 heteroatoms. The van der Waals surface area contributed by atoms with Gasteiger partial charge in [-0.25, -0.2) is 14.4 Å². The molecule has 0 aliphatic heterocycles. The topological polar surface area (TPSA) is 46.0 Å². The van der Waals surface area contributed by atoms with Gasteiger partial charge >= 0.3 is 0 Å². The van der Waals surface area contributed by atoms with Crippen molar-refractivity contribution in [3.63, 3.8) is 0 Å². The van der Waals surface area contributed by atoms with Crippen molar-refractivity contribution in [2.75, 3.05) is 0 Å². The zero-order valence-corrected chi connectivity index (χ0v) is 13.7. The van der Waals surface area contributed by atoms with Crippen LogP contribution >= 0.6 is 0 Å². The molecule has 1 aromatic carbocycles. The molecule has 3 nitrogen and oxygen atoms in total. The van der Waals surface area contributed by atoms with E-state index in [-0.39, 0.29) is 11.6 Å². The van der Waals surface area contributed by atoms with E-state index in [0.29, 0.717) is 17.1 Å². The van der Waals surface area contributed by atoms with Gasteiger partial charge in [0.1, 0.15) is 11.6 Å². The number of nitrogens with zero attached hydrogens (tertiary/aromatic N) is 2.